The van der Waals surface area contributed by atoms with E-state index in [-0.39, 0.29) is 6.29 Å². The monoisotopic (exact) mass is 206 g/mol. The van der Waals surface area contributed by atoms with Gasteiger partial charge in [0, 0.05) is 0 Å². The van der Waals surface area contributed by atoms with Gasteiger partial charge in [-0.3, -0.25) is 0 Å². The highest BCUT2D eigenvalue weighted by Gasteiger charge is 2.32. The Morgan fingerprint density at radius 2 is 1.93 bits per heavy atom. The van der Waals surface area contributed by atoms with Gasteiger partial charge >= 0.3 is 0 Å². The number of carbonyl (C=O) groups excluding carboxylic acids is 1. The zero-order valence-corrected chi connectivity index (χ0v) is 7.48. The highest BCUT2D eigenvalue weighted by Crippen LogP contribution is 2.08. The zero-order valence-electron chi connectivity index (χ0n) is 7.48. The highest BCUT2D eigenvalue weighted by atomic mass is 16.5. The minimum Gasteiger partial charge on any atom is -0.493 e. The van der Waals surface area contributed by atoms with Crippen LogP contribution in [0.2, 0.25) is 0 Å². The lowest BCUT2D eigenvalue weighted by molar-refractivity contribution is -0.138. The van der Waals surface area contributed by atoms with Crippen molar-refractivity contribution in [1.82, 2.24) is 0 Å². The molecule has 0 bridgehead atoms. The predicted octanol–water partition coefficient (Wildman–Crippen LogP) is -2.21. The first-order chi connectivity index (χ1) is 6.58. The summed E-state index contributed by atoms with van der Waals surface area (Å²) in [7, 11) is 0. The Morgan fingerprint density at radius 3 is 2.29 bits per heavy atom. The van der Waals surface area contributed by atoms with E-state index in [4.69, 9.17) is 15.3 Å². The van der Waals surface area contributed by atoms with Crippen molar-refractivity contribution >= 4 is 6.29 Å². The van der Waals surface area contributed by atoms with Gasteiger partial charge in [-0.1, -0.05) is 6.58 Å². The Balaban J connectivity index is 4.45. The van der Waals surface area contributed by atoms with Crippen molar-refractivity contribution in [2.45, 2.75) is 24.4 Å². The lowest BCUT2D eigenvalue weighted by Crippen LogP contribution is -2.47. The van der Waals surface area contributed by atoms with E-state index in [1.807, 2.05) is 0 Å². The van der Waals surface area contributed by atoms with Gasteiger partial charge in [0.15, 0.2) is 12.4 Å². The summed E-state index contributed by atoms with van der Waals surface area (Å²) in [6.07, 6.45) is -4.92. The zero-order chi connectivity index (χ0) is 11.1. The van der Waals surface area contributed by atoms with Gasteiger partial charge in [-0.25, -0.2) is 0 Å². The SMILES string of the molecule is C=CO[C@@H]([C@H](O)[C@H](O)CO)[C@@H](O)C=O. The molecule has 0 aromatic heterocycles. The first kappa shape index (κ1) is 13.1. The van der Waals surface area contributed by atoms with Crippen LogP contribution in [-0.2, 0) is 9.53 Å². The maximum atomic E-state index is 10.2. The number of ether oxygens (including phenoxy) is 1. The maximum Gasteiger partial charge on any atom is 0.159 e. The molecule has 0 saturated carbocycles. The van der Waals surface area contributed by atoms with Crippen molar-refractivity contribution in [2.75, 3.05) is 6.61 Å². The fourth-order valence-corrected chi connectivity index (χ4v) is 0.879. The van der Waals surface area contributed by atoms with Gasteiger partial charge in [0.1, 0.15) is 18.3 Å². The molecule has 0 spiro atoms. The van der Waals surface area contributed by atoms with Gasteiger partial charge in [0.2, 0.25) is 0 Å². The molecule has 0 radical (unpaired) electrons. The fraction of sp³-hybridized carbons (Fsp3) is 0.625. The van der Waals surface area contributed by atoms with E-state index in [1.165, 1.54) is 0 Å². The molecule has 0 heterocycles. The number of rotatable bonds is 7. The predicted molar refractivity (Wildman–Crippen MR) is 46.2 cm³/mol. The van der Waals surface area contributed by atoms with Gasteiger partial charge < -0.3 is 30.0 Å². The average molecular weight is 206 g/mol. The molecule has 6 nitrogen and oxygen atoms in total. The minimum absolute atomic E-state index is 0.154. The normalized spacial score (nSPS) is 19.1. The third-order valence-electron chi connectivity index (χ3n) is 1.65. The molecule has 82 valence electrons. The Hall–Kier alpha value is -0.950. The van der Waals surface area contributed by atoms with Crippen LogP contribution in [0.4, 0.5) is 0 Å². The molecular weight excluding hydrogens is 192 g/mol. The maximum absolute atomic E-state index is 10.2. The molecule has 4 N–H and O–H groups in total. The van der Waals surface area contributed by atoms with Crippen LogP contribution in [-0.4, -0.2) is 57.7 Å². The number of hydrogen-bond donors (Lipinski definition) is 4. The average Bonchev–Trinajstić information content (AvgIpc) is 2.22. The lowest BCUT2D eigenvalue weighted by Gasteiger charge is -2.26. The van der Waals surface area contributed by atoms with Crippen molar-refractivity contribution < 1.29 is 30.0 Å². The van der Waals surface area contributed by atoms with E-state index in [2.05, 4.69) is 11.3 Å². The molecule has 0 unspecified atom stereocenters. The summed E-state index contributed by atoms with van der Waals surface area (Å²) in [5.41, 5.74) is 0. The standard InChI is InChI=1S/C8H14O6/c1-2-14-8(6(12)4-10)7(13)5(11)3-9/h2,4-9,11-13H,1,3H2/t5-,6+,7-,8-/m1/s1. The van der Waals surface area contributed by atoms with Gasteiger partial charge in [0.25, 0.3) is 0 Å². The van der Waals surface area contributed by atoms with Crippen molar-refractivity contribution in [3.63, 3.8) is 0 Å². The number of aldehydes is 1. The molecule has 0 amide bonds. The molecule has 0 fully saturated rings. The van der Waals surface area contributed by atoms with E-state index in [9.17, 15) is 9.90 Å². The molecule has 0 aliphatic rings. The molecule has 0 aromatic rings. The first-order valence-corrected chi connectivity index (χ1v) is 3.95. The highest BCUT2D eigenvalue weighted by molar-refractivity contribution is 5.56. The topological polar surface area (TPSA) is 107 Å². The molecule has 6 heteroatoms. The third kappa shape index (κ3) is 3.43. The quantitative estimate of drug-likeness (QED) is 0.278. The van der Waals surface area contributed by atoms with Crippen LogP contribution in [0.15, 0.2) is 12.8 Å². The summed E-state index contributed by atoms with van der Waals surface area (Å²) in [6, 6.07) is 0. The Labute approximate surface area is 81.1 Å². The molecule has 0 aliphatic heterocycles. The number of aliphatic hydroxyl groups excluding tert-OH is 4. The van der Waals surface area contributed by atoms with Gasteiger partial charge in [-0.2, -0.15) is 0 Å². The summed E-state index contributed by atoms with van der Waals surface area (Å²) >= 11 is 0. The molecule has 0 saturated heterocycles. The van der Waals surface area contributed by atoms with Crippen LogP contribution < -0.4 is 0 Å². The van der Waals surface area contributed by atoms with Crippen LogP contribution >= 0.6 is 0 Å². The second kappa shape index (κ2) is 6.50. The van der Waals surface area contributed by atoms with Crippen LogP contribution in [0.5, 0.6) is 0 Å². The molecule has 0 aromatic carbocycles. The summed E-state index contributed by atoms with van der Waals surface area (Å²) in [5.74, 6) is 0. The second-order valence-corrected chi connectivity index (χ2v) is 2.63. The molecule has 0 rings (SSSR count). The van der Waals surface area contributed by atoms with Crippen molar-refractivity contribution in [1.29, 1.82) is 0 Å². The molecule has 0 aliphatic carbocycles. The van der Waals surface area contributed by atoms with Gasteiger partial charge in [-0.15, -0.1) is 0 Å². The Morgan fingerprint density at radius 1 is 1.36 bits per heavy atom. The van der Waals surface area contributed by atoms with Crippen LogP contribution in [0.3, 0.4) is 0 Å². The smallest absolute Gasteiger partial charge is 0.159 e. The summed E-state index contributed by atoms with van der Waals surface area (Å²) < 4.78 is 4.64. The minimum atomic E-state index is -1.59. The fourth-order valence-electron chi connectivity index (χ4n) is 0.879. The van der Waals surface area contributed by atoms with Crippen LogP contribution in [0.1, 0.15) is 0 Å². The lowest BCUT2D eigenvalue weighted by atomic mass is 10.0. The molecular formula is C8H14O6. The van der Waals surface area contributed by atoms with E-state index < -0.39 is 31.0 Å². The van der Waals surface area contributed by atoms with E-state index in [0.29, 0.717) is 0 Å². The summed E-state index contributed by atoms with van der Waals surface area (Å²) in [5, 5.41) is 35.9. The van der Waals surface area contributed by atoms with Crippen molar-refractivity contribution in [2.24, 2.45) is 0 Å². The largest absolute Gasteiger partial charge is 0.493 e. The Kier molecular flexibility index (Phi) is 6.06. The molecule has 4 atom stereocenters. The molecule has 14 heavy (non-hydrogen) atoms. The van der Waals surface area contributed by atoms with E-state index in [0.717, 1.165) is 6.26 Å². The summed E-state index contributed by atoms with van der Waals surface area (Å²) in [4.78, 5) is 10.2. The van der Waals surface area contributed by atoms with Gasteiger partial charge in [0.05, 0.1) is 12.9 Å². The third-order valence-corrected chi connectivity index (χ3v) is 1.65. The van der Waals surface area contributed by atoms with Crippen molar-refractivity contribution in [3.05, 3.63) is 12.8 Å². The van der Waals surface area contributed by atoms with Crippen LogP contribution in [0, 0.1) is 0 Å². The number of aliphatic hydroxyl groups is 4. The van der Waals surface area contributed by atoms with E-state index in [1.54, 1.807) is 0 Å². The van der Waals surface area contributed by atoms with Crippen molar-refractivity contribution in [3.8, 4) is 0 Å². The summed E-state index contributed by atoms with van der Waals surface area (Å²) in [6.45, 7) is 2.48. The Bertz CT molecular complexity index is 183. The number of carbonyl (C=O) groups is 1. The number of hydrogen-bond acceptors (Lipinski definition) is 6. The first-order valence-electron chi connectivity index (χ1n) is 3.95. The van der Waals surface area contributed by atoms with Gasteiger partial charge in [-0.05, 0) is 0 Å². The van der Waals surface area contributed by atoms with E-state index >= 15 is 0 Å². The second-order valence-electron chi connectivity index (χ2n) is 2.63. The van der Waals surface area contributed by atoms with Crippen LogP contribution in [0.25, 0.3) is 0 Å².